The van der Waals surface area contributed by atoms with Gasteiger partial charge in [-0.25, -0.2) is 15.0 Å². The van der Waals surface area contributed by atoms with E-state index >= 15 is 0 Å². The molecule has 0 aliphatic rings. The molecule has 7 aromatic rings. The zero-order valence-corrected chi connectivity index (χ0v) is 23.5. The molecule has 0 fully saturated rings. The van der Waals surface area contributed by atoms with Crippen molar-refractivity contribution in [1.82, 2.24) is 19.5 Å². The number of hydrogen-bond donors (Lipinski definition) is 0. The van der Waals surface area contributed by atoms with Crippen molar-refractivity contribution in [2.75, 3.05) is 0 Å². The minimum Gasteiger partial charge on any atom is -0.309 e. The van der Waals surface area contributed by atoms with E-state index in [1.807, 2.05) is 54.6 Å². The van der Waals surface area contributed by atoms with E-state index in [2.05, 4.69) is 113 Å². The van der Waals surface area contributed by atoms with Crippen LogP contribution < -0.4 is 0 Å². The SMILES string of the molecule is C=C/C=C\C=C\c1nc(-c2ccccc2)nc(-c2ccc(-c3ccc(-n4c5ccccc5c5ccccc54)cc3)cc2)n1. The van der Waals surface area contributed by atoms with Gasteiger partial charge in [0.05, 0.1) is 11.0 Å². The van der Waals surface area contributed by atoms with Gasteiger partial charge in [0, 0.05) is 27.6 Å². The van der Waals surface area contributed by atoms with Crippen molar-refractivity contribution in [1.29, 1.82) is 0 Å². The molecule has 0 radical (unpaired) electrons. The van der Waals surface area contributed by atoms with E-state index in [9.17, 15) is 0 Å². The number of nitrogens with zero attached hydrogens (tertiary/aromatic N) is 4. The summed E-state index contributed by atoms with van der Waals surface area (Å²) in [6.07, 6.45) is 9.29. The van der Waals surface area contributed by atoms with Crippen molar-refractivity contribution < 1.29 is 0 Å². The van der Waals surface area contributed by atoms with Crippen LogP contribution in [0.5, 0.6) is 0 Å². The highest BCUT2D eigenvalue weighted by Crippen LogP contribution is 2.33. The molecule has 204 valence electrons. The molecule has 5 aromatic carbocycles. The lowest BCUT2D eigenvalue weighted by molar-refractivity contribution is 1.04. The fourth-order valence-corrected chi connectivity index (χ4v) is 5.41. The van der Waals surface area contributed by atoms with Gasteiger partial charge in [-0.1, -0.05) is 134 Å². The Morgan fingerprint density at radius 3 is 1.58 bits per heavy atom. The van der Waals surface area contributed by atoms with Gasteiger partial charge in [-0.2, -0.15) is 0 Å². The average molecular weight is 553 g/mol. The van der Waals surface area contributed by atoms with Crippen LogP contribution in [-0.4, -0.2) is 19.5 Å². The summed E-state index contributed by atoms with van der Waals surface area (Å²) in [6.45, 7) is 3.72. The van der Waals surface area contributed by atoms with Crippen molar-refractivity contribution in [3.63, 3.8) is 0 Å². The largest absolute Gasteiger partial charge is 0.309 e. The quantitative estimate of drug-likeness (QED) is 0.185. The van der Waals surface area contributed by atoms with E-state index in [0.29, 0.717) is 17.5 Å². The second-order valence-corrected chi connectivity index (χ2v) is 10.2. The number of rotatable bonds is 7. The van der Waals surface area contributed by atoms with Crippen molar-refractivity contribution in [2.24, 2.45) is 0 Å². The molecule has 0 N–H and O–H groups in total. The topological polar surface area (TPSA) is 43.6 Å². The van der Waals surface area contributed by atoms with Gasteiger partial charge < -0.3 is 4.57 Å². The summed E-state index contributed by atoms with van der Waals surface area (Å²) in [4.78, 5) is 14.3. The van der Waals surface area contributed by atoms with Crippen molar-refractivity contribution in [2.45, 2.75) is 0 Å². The Hall–Kier alpha value is -5.87. The van der Waals surface area contributed by atoms with Crippen LogP contribution in [0.3, 0.4) is 0 Å². The smallest absolute Gasteiger partial charge is 0.164 e. The fourth-order valence-electron chi connectivity index (χ4n) is 5.41. The number of para-hydroxylation sites is 2. The first kappa shape index (κ1) is 26.1. The molecule has 0 aliphatic heterocycles. The predicted molar refractivity (Wildman–Crippen MR) is 179 cm³/mol. The molecule has 7 rings (SSSR count). The Balaban J connectivity index is 1.21. The Morgan fingerprint density at radius 2 is 0.977 bits per heavy atom. The molecule has 0 saturated heterocycles. The van der Waals surface area contributed by atoms with Crippen LogP contribution in [0.1, 0.15) is 5.82 Å². The molecule has 0 amide bonds. The molecule has 43 heavy (non-hydrogen) atoms. The molecule has 4 nitrogen and oxygen atoms in total. The lowest BCUT2D eigenvalue weighted by Crippen LogP contribution is -1.99. The van der Waals surface area contributed by atoms with Crippen LogP contribution in [0.4, 0.5) is 0 Å². The van der Waals surface area contributed by atoms with Crippen molar-refractivity contribution >= 4 is 27.9 Å². The van der Waals surface area contributed by atoms with Gasteiger partial charge in [-0.3, -0.25) is 0 Å². The molecule has 0 bridgehead atoms. The van der Waals surface area contributed by atoms with E-state index in [-0.39, 0.29) is 0 Å². The minimum absolute atomic E-state index is 0.599. The molecular weight excluding hydrogens is 524 g/mol. The van der Waals surface area contributed by atoms with Crippen molar-refractivity contribution in [3.05, 3.63) is 164 Å². The zero-order valence-electron chi connectivity index (χ0n) is 23.5. The molecule has 4 heteroatoms. The van der Waals surface area contributed by atoms with E-state index in [1.165, 1.54) is 21.8 Å². The van der Waals surface area contributed by atoms with Crippen LogP contribution in [0.2, 0.25) is 0 Å². The maximum atomic E-state index is 4.82. The fraction of sp³-hybridized carbons (Fsp3) is 0. The van der Waals surface area contributed by atoms with Gasteiger partial charge in [-0.15, -0.1) is 0 Å². The summed E-state index contributed by atoms with van der Waals surface area (Å²) in [5.74, 6) is 1.87. The Bertz CT molecular complexity index is 2060. The highest BCUT2D eigenvalue weighted by molar-refractivity contribution is 6.09. The average Bonchev–Trinajstić information content (AvgIpc) is 3.42. The van der Waals surface area contributed by atoms with Crippen LogP contribution in [0.25, 0.3) is 67.5 Å². The summed E-state index contributed by atoms with van der Waals surface area (Å²) in [7, 11) is 0. The first-order valence-electron chi connectivity index (χ1n) is 14.3. The van der Waals surface area contributed by atoms with Gasteiger partial charge in [0.25, 0.3) is 0 Å². The summed E-state index contributed by atoms with van der Waals surface area (Å²) in [5, 5.41) is 2.52. The highest BCUT2D eigenvalue weighted by Gasteiger charge is 2.12. The number of hydrogen-bond acceptors (Lipinski definition) is 3. The molecule has 2 heterocycles. The number of aromatic nitrogens is 4. The van der Waals surface area contributed by atoms with E-state index in [1.54, 1.807) is 6.08 Å². The molecule has 0 spiro atoms. The maximum absolute atomic E-state index is 4.82. The zero-order chi connectivity index (χ0) is 29.0. The minimum atomic E-state index is 0.599. The first-order chi connectivity index (χ1) is 21.3. The van der Waals surface area contributed by atoms with Crippen LogP contribution in [-0.2, 0) is 0 Å². The van der Waals surface area contributed by atoms with Gasteiger partial charge in [0.2, 0.25) is 0 Å². The Morgan fingerprint density at radius 1 is 0.465 bits per heavy atom. The molecule has 2 aromatic heterocycles. The van der Waals surface area contributed by atoms with E-state index in [0.717, 1.165) is 27.9 Å². The van der Waals surface area contributed by atoms with Crippen molar-refractivity contribution in [3.8, 4) is 39.6 Å². The highest BCUT2D eigenvalue weighted by atomic mass is 15.0. The summed E-state index contributed by atoms with van der Waals surface area (Å²) >= 11 is 0. The second-order valence-electron chi connectivity index (χ2n) is 10.2. The molecule has 0 atom stereocenters. The van der Waals surface area contributed by atoms with Crippen LogP contribution in [0.15, 0.2) is 158 Å². The number of benzene rings is 5. The summed E-state index contributed by atoms with van der Waals surface area (Å²) < 4.78 is 2.34. The number of allylic oxidation sites excluding steroid dienone is 4. The van der Waals surface area contributed by atoms with Gasteiger partial charge in [0.15, 0.2) is 17.5 Å². The monoisotopic (exact) mass is 552 g/mol. The standard InChI is InChI=1S/C39H28N4/c1-2-3-4-8-19-37-40-38(30-13-6-5-7-14-30)42-39(41-37)31-22-20-28(21-23-31)29-24-26-32(27-25-29)43-35-17-11-9-15-33(35)34-16-10-12-18-36(34)43/h2-27H,1H2/b4-3-,19-8+. The molecular formula is C39H28N4. The van der Waals surface area contributed by atoms with Gasteiger partial charge in [-0.05, 0) is 41.5 Å². The van der Waals surface area contributed by atoms with E-state index in [4.69, 9.17) is 9.97 Å². The van der Waals surface area contributed by atoms with E-state index < -0.39 is 0 Å². The summed E-state index contributed by atoms with van der Waals surface area (Å²) in [6, 6.07) is 44.3. The van der Waals surface area contributed by atoms with Crippen LogP contribution >= 0.6 is 0 Å². The molecule has 0 unspecified atom stereocenters. The van der Waals surface area contributed by atoms with Gasteiger partial charge >= 0.3 is 0 Å². The second kappa shape index (κ2) is 11.6. The van der Waals surface area contributed by atoms with Gasteiger partial charge in [0.1, 0.15) is 0 Å². The molecule has 0 aliphatic carbocycles. The third kappa shape index (κ3) is 5.18. The normalized spacial score (nSPS) is 11.6. The molecule has 0 saturated carbocycles. The number of fused-ring (bicyclic) bond motifs is 3. The third-order valence-corrected chi connectivity index (χ3v) is 7.47. The predicted octanol–water partition coefficient (Wildman–Crippen LogP) is 9.73. The lowest BCUT2D eigenvalue weighted by atomic mass is 10.0. The Kier molecular flexibility index (Phi) is 7.00. The maximum Gasteiger partial charge on any atom is 0.164 e. The third-order valence-electron chi connectivity index (χ3n) is 7.47. The lowest BCUT2D eigenvalue weighted by Gasteiger charge is -2.10. The van der Waals surface area contributed by atoms with Crippen LogP contribution in [0, 0.1) is 0 Å². The first-order valence-corrected chi connectivity index (χ1v) is 14.3. The summed E-state index contributed by atoms with van der Waals surface area (Å²) in [5.41, 5.74) is 7.71. The Labute approximate surface area is 250 Å².